The van der Waals surface area contributed by atoms with Crippen molar-refractivity contribution in [2.75, 3.05) is 6.61 Å². The second-order valence-electron chi connectivity index (χ2n) is 4.01. The maximum Gasteiger partial charge on any atom is 0.344 e. The third-order valence-corrected chi connectivity index (χ3v) is 2.16. The van der Waals surface area contributed by atoms with Gasteiger partial charge in [0.25, 0.3) is 0 Å². The Bertz CT molecular complexity index is 218. The molecule has 0 fully saturated rings. The van der Waals surface area contributed by atoms with Gasteiger partial charge in [-0.15, -0.1) is 0 Å². The first-order valence-electron chi connectivity index (χ1n) is 4.61. The van der Waals surface area contributed by atoms with E-state index in [1.807, 2.05) is 27.7 Å². The molecule has 14 heavy (non-hydrogen) atoms. The quantitative estimate of drug-likeness (QED) is 0.649. The van der Waals surface area contributed by atoms with E-state index in [0.717, 1.165) is 0 Å². The number of rotatable bonds is 4. The van der Waals surface area contributed by atoms with Crippen LogP contribution in [-0.2, 0) is 19.1 Å². The smallest absolute Gasteiger partial charge is 0.344 e. The first-order chi connectivity index (χ1) is 6.25. The Kier molecular flexibility index (Phi) is 4.60. The van der Waals surface area contributed by atoms with Crippen LogP contribution < -0.4 is 0 Å². The van der Waals surface area contributed by atoms with E-state index < -0.39 is 17.5 Å². The lowest BCUT2D eigenvalue weighted by Crippen LogP contribution is -2.35. The molecule has 4 heteroatoms. The Morgan fingerprint density at radius 1 is 1.29 bits per heavy atom. The van der Waals surface area contributed by atoms with Crippen LogP contribution in [-0.4, -0.2) is 24.1 Å². The van der Waals surface area contributed by atoms with Crippen LogP contribution in [0, 0.1) is 5.92 Å². The van der Waals surface area contributed by atoms with Gasteiger partial charge in [-0.3, -0.25) is 4.79 Å². The van der Waals surface area contributed by atoms with E-state index >= 15 is 0 Å². The highest BCUT2D eigenvalue weighted by Crippen LogP contribution is 2.20. The van der Waals surface area contributed by atoms with Crippen molar-refractivity contribution >= 4 is 11.9 Å². The SMILES string of the molecule is CC(=O)OCC(=O)OC(C)(C)C(C)C. The summed E-state index contributed by atoms with van der Waals surface area (Å²) >= 11 is 0. The van der Waals surface area contributed by atoms with Gasteiger partial charge in [-0.2, -0.15) is 0 Å². The van der Waals surface area contributed by atoms with Gasteiger partial charge in [-0.1, -0.05) is 13.8 Å². The first-order valence-corrected chi connectivity index (χ1v) is 4.61. The fourth-order valence-electron chi connectivity index (χ4n) is 0.601. The minimum absolute atomic E-state index is 0.212. The Hall–Kier alpha value is -1.06. The van der Waals surface area contributed by atoms with Crippen molar-refractivity contribution in [1.82, 2.24) is 0 Å². The largest absolute Gasteiger partial charge is 0.457 e. The molecule has 0 spiro atoms. The number of carbonyl (C=O) groups excluding carboxylic acids is 2. The molecule has 0 amide bonds. The average Bonchev–Trinajstić information content (AvgIpc) is 1.99. The van der Waals surface area contributed by atoms with Crippen LogP contribution in [0.4, 0.5) is 0 Å². The summed E-state index contributed by atoms with van der Waals surface area (Å²) in [6.45, 7) is 8.50. The lowest BCUT2D eigenvalue weighted by molar-refractivity contribution is -0.170. The predicted octanol–water partition coefficient (Wildman–Crippen LogP) is 1.53. The molecule has 0 atom stereocenters. The van der Waals surface area contributed by atoms with Crippen molar-refractivity contribution in [3.63, 3.8) is 0 Å². The molecule has 0 rings (SSSR count). The number of hydrogen-bond donors (Lipinski definition) is 0. The van der Waals surface area contributed by atoms with Crippen LogP contribution in [0.1, 0.15) is 34.6 Å². The Balaban J connectivity index is 4.00. The molecule has 0 aromatic carbocycles. The second kappa shape index (κ2) is 4.98. The molecule has 0 radical (unpaired) electrons. The third kappa shape index (κ3) is 4.84. The van der Waals surface area contributed by atoms with Crippen LogP contribution >= 0.6 is 0 Å². The fourth-order valence-corrected chi connectivity index (χ4v) is 0.601. The zero-order valence-corrected chi connectivity index (χ0v) is 9.42. The van der Waals surface area contributed by atoms with E-state index in [1.165, 1.54) is 6.92 Å². The Labute approximate surface area is 84.6 Å². The highest BCUT2D eigenvalue weighted by atomic mass is 16.6. The second-order valence-corrected chi connectivity index (χ2v) is 4.01. The molecule has 0 aromatic rings. The molecule has 82 valence electrons. The normalized spacial score (nSPS) is 11.3. The highest BCUT2D eigenvalue weighted by molar-refractivity contribution is 5.75. The first kappa shape index (κ1) is 12.9. The van der Waals surface area contributed by atoms with E-state index in [2.05, 4.69) is 4.74 Å². The van der Waals surface area contributed by atoms with E-state index in [0.29, 0.717) is 0 Å². The van der Waals surface area contributed by atoms with E-state index in [9.17, 15) is 9.59 Å². The van der Waals surface area contributed by atoms with Gasteiger partial charge in [-0.25, -0.2) is 4.79 Å². The van der Waals surface area contributed by atoms with Crippen LogP contribution in [0.25, 0.3) is 0 Å². The highest BCUT2D eigenvalue weighted by Gasteiger charge is 2.26. The lowest BCUT2D eigenvalue weighted by atomic mass is 9.95. The van der Waals surface area contributed by atoms with Gasteiger partial charge < -0.3 is 9.47 Å². The van der Waals surface area contributed by atoms with Crippen molar-refractivity contribution in [2.24, 2.45) is 5.92 Å². The van der Waals surface area contributed by atoms with Crippen LogP contribution in [0.5, 0.6) is 0 Å². The maximum atomic E-state index is 11.2. The van der Waals surface area contributed by atoms with Gasteiger partial charge >= 0.3 is 11.9 Å². The summed E-state index contributed by atoms with van der Waals surface area (Å²) < 4.78 is 9.65. The van der Waals surface area contributed by atoms with E-state index in [1.54, 1.807) is 0 Å². The molecule has 0 aliphatic rings. The van der Waals surface area contributed by atoms with Gasteiger partial charge in [0.15, 0.2) is 6.61 Å². The van der Waals surface area contributed by atoms with Crippen LogP contribution in [0.3, 0.4) is 0 Å². The van der Waals surface area contributed by atoms with E-state index in [-0.39, 0.29) is 12.5 Å². The summed E-state index contributed by atoms with van der Waals surface area (Å²) in [5.74, 6) is -0.785. The number of carbonyl (C=O) groups is 2. The van der Waals surface area contributed by atoms with Crippen LogP contribution in [0.2, 0.25) is 0 Å². The van der Waals surface area contributed by atoms with Crippen molar-refractivity contribution in [3.8, 4) is 0 Å². The molecule has 0 aliphatic heterocycles. The van der Waals surface area contributed by atoms with Gasteiger partial charge in [0.1, 0.15) is 5.60 Å². The molecular formula is C10H18O4. The van der Waals surface area contributed by atoms with Crippen molar-refractivity contribution < 1.29 is 19.1 Å². The van der Waals surface area contributed by atoms with E-state index in [4.69, 9.17) is 4.74 Å². The average molecular weight is 202 g/mol. The maximum absolute atomic E-state index is 11.2. The summed E-state index contributed by atoms with van der Waals surface area (Å²) in [7, 11) is 0. The Morgan fingerprint density at radius 3 is 2.14 bits per heavy atom. The molecule has 0 unspecified atom stereocenters. The molecule has 0 bridgehead atoms. The predicted molar refractivity (Wildman–Crippen MR) is 51.6 cm³/mol. The topological polar surface area (TPSA) is 52.6 Å². The molecule has 4 nitrogen and oxygen atoms in total. The molecule has 0 saturated heterocycles. The minimum atomic E-state index is -0.531. The molecule has 0 aliphatic carbocycles. The summed E-state index contributed by atoms with van der Waals surface area (Å²) in [5.41, 5.74) is -0.531. The summed E-state index contributed by atoms with van der Waals surface area (Å²) in [6, 6.07) is 0. The number of ether oxygens (including phenoxy) is 2. The summed E-state index contributed by atoms with van der Waals surface area (Å²) in [4.78, 5) is 21.6. The van der Waals surface area contributed by atoms with Crippen molar-refractivity contribution in [3.05, 3.63) is 0 Å². The minimum Gasteiger partial charge on any atom is -0.457 e. The van der Waals surface area contributed by atoms with Crippen LogP contribution in [0.15, 0.2) is 0 Å². The fraction of sp³-hybridized carbons (Fsp3) is 0.800. The molecule has 0 aromatic heterocycles. The standard InChI is InChI=1S/C10H18O4/c1-7(2)10(4,5)14-9(12)6-13-8(3)11/h7H,6H2,1-5H3. The molecule has 0 N–H and O–H groups in total. The molecular weight excluding hydrogens is 184 g/mol. The van der Waals surface area contributed by atoms with Gasteiger partial charge in [-0.05, 0) is 19.8 Å². The summed E-state index contributed by atoms with van der Waals surface area (Å²) in [5, 5.41) is 0. The monoisotopic (exact) mass is 202 g/mol. The number of hydrogen-bond acceptors (Lipinski definition) is 4. The zero-order valence-electron chi connectivity index (χ0n) is 9.42. The third-order valence-electron chi connectivity index (χ3n) is 2.16. The lowest BCUT2D eigenvalue weighted by Gasteiger charge is -2.28. The molecule has 0 saturated carbocycles. The van der Waals surface area contributed by atoms with Gasteiger partial charge in [0.05, 0.1) is 0 Å². The van der Waals surface area contributed by atoms with Crippen molar-refractivity contribution in [1.29, 1.82) is 0 Å². The van der Waals surface area contributed by atoms with Crippen molar-refractivity contribution in [2.45, 2.75) is 40.2 Å². The summed E-state index contributed by atoms with van der Waals surface area (Å²) in [6.07, 6.45) is 0. The number of esters is 2. The van der Waals surface area contributed by atoms with Gasteiger partial charge in [0, 0.05) is 6.92 Å². The Morgan fingerprint density at radius 2 is 1.79 bits per heavy atom. The van der Waals surface area contributed by atoms with Gasteiger partial charge in [0.2, 0.25) is 0 Å². The molecule has 0 heterocycles. The zero-order chi connectivity index (χ0) is 11.4.